The molecule has 1 atom stereocenters. The van der Waals surface area contributed by atoms with Gasteiger partial charge >= 0.3 is 0 Å². The molecule has 0 aliphatic heterocycles. The van der Waals surface area contributed by atoms with Gasteiger partial charge in [0.2, 0.25) is 5.91 Å². The predicted molar refractivity (Wildman–Crippen MR) is 120 cm³/mol. The number of halogens is 1. The summed E-state index contributed by atoms with van der Waals surface area (Å²) in [6.45, 7) is 1.82. The SMILES string of the molecule is CC[C@H](C(=O)NC1CCCC1)N(Cc1ccc(F)cc1)C(=O)COc1ccccc1OC. The van der Waals surface area contributed by atoms with E-state index in [1.54, 1.807) is 30.3 Å². The lowest BCUT2D eigenvalue weighted by atomic mass is 10.1. The van der Waals surface area contributed by atoms with E-state index in [9.17, 15) is 14.0 Å². The first-order valence-electron chi connectivity index (χ1n) is 11.1. The maximum atomic E-state index is 13.4. The van der Waals surface area contributed by atoms with Crippen molar-refractivity contribution in [3.8, 4) is 11.5 Å². The van der Waals surface area contributed by atoms with Crippen molar-refractivity contribution in [2.45, 2.75) is 57.7 Å². The number of hydrogen-bond acceptors (Lipinski definition) is 4. The van der Waals surface area contributed by atoms with E-state index in [-0.39, 0.29) is 36.8 Å². The molecule has 7 heteroatoms. The molecule has 1 fully saturated rings. The van der Waals surface area contributed by atoms with E-state index in [0.29, 0.717) is 17.9 Å². The van der Waals surface area contributed by atoms with Crippen molar-refractivity contribution < 1.29 is 23.5 Å². The second-order valence-electron chi connectivity index (χ2n) is 8.00. The lowest BCUT2D eigenvalue weighted by molar-refractivity contribution is -0.143. The number of nitrogens with one attached hydrogen (secondary N) is 1. The number of ether oxygens (including phenoxy) is 2. The van der Waals surface area contributed by atoms with Crippen LogP contribution in [0.4, 0.5) is 4.39 Å². The first-order valence-corrected chi connectivity index (χ1v) is 11.1. The lowest BCUT2D eigenvalue weighted by Gasteiger charge is -2.31. The average Bonchev–Trinajstić information content (AvgIpc) is 3.31. The zero-order valence-electron chi connectivity index (χ0n) is 18.7. The van der Waals surface area contributed by atoms with Crippen LogP contribution in [-0.4, -0.2) is 42.5 Å². The summed E-state index contributed by atoms with van der Waals surface area (Å²) in [5.74, 6) is 0.142. The van der Waals surface area contributed by atoms with Gasteiger partial charge in [-0.2, -0.15) is 0 Å². The molecule has 1 aliphatic rings. The summed E-state index contributed by atoms with van der Waals surface area (Å²) in [4.78, 5) is 27.8. The number of carbonyl (C=O) groups is 2. The van der Waals surface area contributed by atoms with Crippen LogP contribution in [0, 0.1) is 5.82 Å². The van der Waals surface area contributed by atoms with E-state index in [1.807, 2.05) is 13.0 Å². The zero-order chi connectivity index (χ0) is 22.9. The minimum atomic E-state index is -0.644. The summed E-state index contributed by atoms with van der Waals surface area (Å²) in [6, 6.07) is 12.5. The lowest BCUT2D eigenvalue weighted by Crippen LogP contribution is -2.52. The Morgan fingerprint density at radius 2 is 1.75 bits per heavy atom. The van der Waals surface area contributed by atoms with E-state index in [1.165, 1.54) is 24.1 Å². The van der Waals surface area contributed by atoms with Crippen LogP contribution >= 0.6 is 0 Å². The first kappa shape index (κ1) is 23.6. The summed E-state index contributed by atoms with van der Waals surface area (Å²) in [5.41, 5.74) is 0.740. The van der Waals surface area contributed by atoms with E-state index in [2.05, 4.69) is 5.32 Å². The molecule has 0 heterocycles. The monoisotopic (exact) mass is 442 g/mol. The van der Waals surface area contributed by atoms with Gasteiger partial charge in [0.15, 0.2) is 18.1 Å². The number of para-hydroxylation sites is 2. The molecule has 0 radical (unpaired) electrons. The second kappa shape index (κ2) is 11.5. The Bertz CT molecular complexity index is 897. The highest BCUT2D eigenvalue weighted by atomic mass is 19.1. The number of hydrogen-bond donors (Lipinski definition) is 1. The van der Waals surface area contributed by atoms with Crippen molar-refractivity contribution >= 4 is 11.8 Å². The van der Waals surface area contributed by atoms with E-state index in [0.717, 1.165) is 31.2 Å². The van der Waals surface area contributed by atoms with Crippen LogP contribution in [0.5, 0.6) is 11.5 Å². The topological polar surface area (TPSA) is 67.9 Å². The number of carbonyl (C=O) groups excluding carboxylic acids is 2. The Balaban J connectivity index is 1.76. The number of methoxy groups -OCH3 is 1. The Hall–Kier alpha value is -3.09. The Kier molecular flexibility index (Phi) is 8.48. The quantitative estimate of drug-likeness (QED) is 0.602. The van der Waals surface area contributed by atoms with Gasteiger partial charge < -0.3 is 19.7 Å². The third kappa shape index (κ3) is 6.22. The van der Waals surface area contributed by atoms with Crippen molar-refractivity contribution in [2.75, 3.05) is 13.7 Å². The van der Waals surface area contributed by atoms with E-state index < -0.39 is 6.04 Å². The number of nitrogens with zero attached hydrogens (tertiary/aromatic N) is 1. The van der Waals surface area contributed by atoms with Gasteiger partial charge in [-0.25, -0.2) is 4.39 Å². The maximum absolute atomic E-state index is 13.4. The molecule has 0 saturated heterocycles. The van der Waals surface area contributed by atoms with E-state index in [4.69, 9.17) is 9.47 Å². The van der Waals surface area contributed by atoms with Crippen molar-refractivity contribution in [2.24, 2.45) is 0 Å². The minimum absolute atomic E-state index is 0.157. The highest BCUT2D eigenvalue weighted by molar-refractivity contribution is 5.88. The molecular weight excluding hydrogens is 411 g/mol. The third-order valence-electron chi connectivity index (χ3n) is 5.77. The first-order chi connectivity index (χ1) is 15.5. The molecule has 0 bridgehead atoms. The minimum Gasteiger partial charge on any atom is -0.493 e. The smallest absolute Gasteiger partial charge is 0.261 e. The van der Waals surface area contributed by atoms with Crippen LogP contribution in [0.3, 0.4) is 0 Å². The molecule has 2 aromatic rings. The van der Waals surface area contributed by atoms with Crippen LogP contribution in [0.15, 0.2) is 48.5 Å². The van der Waals surface area contributed by atoms with Gasteiger partial charge in [-0.3, -0.25) is 9.59 Å². The van der Waals surface area contributed by atoms with Crippen molar-refractivity contribution in [1.29, 1.82) is 0 Å². The van der Waals surface area contributed by atoms with Gasteiger partial charge in [-0.05, 0) is 49.1 Å². The summed E-state index contributed by atoms with van der Waals surface area (Å²) < 4.78 is 24.4. The van der Waals surface area contributed by atoms with Crippen molar-refractivity contribution in [3.63, 3.8) is 0 Å². The fraction of sp³-hybridized carbons (Fsp3) is 0.440. The molecule has 1 N–H and O–H groups in total. The number of amides is 2. The molecule has 0 spiro atoms. The number of rotatable bonds is 10. The van der Waals surface area contributed by atoms with Gasteiger partial charge in [0.25, 0.3) is 5.91 Å². The van der Waals surface area contributed by atoms with Crippen LogP contribution in [0.25, 0.3) is 0 Å². The standard InChI is InChI=1S/C25H31FN2O4/c1-3-21(25(30)27-20-8-4-5-9-20)28(16-18-12-14-19(26)15-13-18)24(29)17-32-23-11-7-6-10-22(23)31-2/h6-7,10-15,20-21H,3-5,8-9,16-17H2,1-2H3,(H,27,30)/t21-/m1/s1. The molecule has 0 aromatic heterocycles. The van der Waals surface area contributed by atoms with Crippen LogP contribution < -0.4 is 14.8 Å². The molecule has 0 unspecified atom stereocenters. The van der Waals surface area contributed by atoms with Crippen LogP contribution in [0.2, 0.25) is 0 Å². The third-order valence-corrected chi connectivity index (χ3v) is 5.77. The summed E-state index contributed by atoms with van der Waals surface area (Å²) in [5, 5.41) is 3.10. The van der Waals surface area contributed by atoms with Gasteiger partial charge in [-0.15, -0.1) is 0 Å². The average molecular weight is 443 g/mol. The van der Waals surface area contributed by atoms with Gasteiger partial charge in [0.1, 0.15) is 11.9 Å². The Morgan fingerprint density at radius 3 is 2.38 bits per heavy atom. The van der Waals surface area contributed by atoms with Crippen molar-refractivity contribution in [3.05, 3.63) is 59.9 Å². The number of benzene rings is 2. The molecule has 3 rings (SSSR count). The molecule has 172 valence electrons. The van der Waals surface area contributed by atoms with Crippen LogP contribution in [0.1, 0.15) is 44.6 Å². The van der Waals surface area contributed by atoms with Crippen LogP contribution in [-0.2, 0) is 16.1 Å². The van der Waals surface area contributed by atoms with Gasteiger partial charge in [-0.1, -0.05) is 44.0 Å². The molecule has 1 saturated carbocycles. The summed E-state index contributed by atoms with van der Waals surface area (Å²) in [6.07, 6.45) is 4.59. The largest absolute Gasteiger partial charge is 0.493 e. The molecule has 6 nitrogen and oxygen atoms in total. The Labute approximate surface area is 188 Å². The summed E-state index contributed by atoms with van der Waals surface area (Å²) in [7, 11) is 1.53. The highest BCUT2D eigenvalue weighted by Crippen LogP contribution is 2.26. The molecular formula is C25H31FN2O4. The second-order valence-corrected chi connectivity index (χ2v) is 8.00. The van der Waals surface area contributed by atoms with Gasteiger partial charge in [0.05, 0.1) is 7.11 Å². The fourth-order valence-electron chi connectivity index (χ4n) is 4.03. The highest BCUT2D eigenvalue weighted by Gasteiger charge is 2.31. The molecule has 2 amide bonds. The zero-order valence-corrected chi connectivity index (χ0v) is 18.7. The van der Waals surface area contributed by atoms with E-state index >= 15 is 0 Å². The molecule has 32 heavy (non-hydrogen) atoms. The predicted octanol–water partition coefficient (Wildman–Crippen LogP) is 4.08. The Morgan fingerprint density at radius 1 is 1.09 bits per heavy atom. The normalized spacial score (nSPS) is 14.6. The van der Waals surface area contributed by atoms with Crippen molar-refractivity contribution in [1.82, 2.24) is 10.2 Å². The fourth-order valence-corrected chi connectivity index (χ4v) is 4.03. The van der Waals surface area contributed by atoms with Gasteiger partial charge in [0, 0.05) is 12.6 Å². The maximum Gasteiger partial charge on any atom is 0.261 e. The summed E-state index contributed by atoms with van der Waals surface area (Å²) >= 11 is 0. The molecule has 2 aromatic carbocycles. The molecule has 1 aliphatic carbocycles.